The number of nitriles is 1. The number of aliphatic hydroxyl groups is 2. The van der Waals surface area contributed by atoms with Gasteiger partial charge in [-0.1, -0.05) is 12.1 Å². The maximum absolute atomic E-state index is 12.6. The van der Waals surface area contributed by atoms with Gasteiger partial charge in [-0.25, -0.2) is 3.63 Å². The maximum atomic E-state index is 12.6. The average molecular weight is 415 g/mol. The number of carbonyl (C=O) groups is 1. The number of carbonyl (C=O) groups excluding carboxylic acids is 1. The molecule has 2 N–H and O–H groups in total. The van der Waals surface area contributed by atoms with Crippen molar-refractivity contribution in [1.29, 1.82) is 5.26 Å². The molecule has 146 valence electrons. The highest BCUT2D eigenvalue weighted by molar-refractivity contribution is 8.33. The van der Waals surface area contributed by atoms with E-state index in [1.165, 1.54) is 24.3 Å². The largest absolute Gasteiger partial charge is 0.523 e. The van der Waals surface area contributed by atoms with E-state index in [-0.39, 0.29) is 11.1 Å². The van der Waals surface area contributed by atoms with Gasteiger partial charge in [-0.05, 0) is 12.1 Å². The van der Waals surface area contributed by atoms with Gasteiger partial charge in [0.1, 0.15) is 0 Å². The third kappa shape index (κ3) is 5.68. The van der Waals surface area contributed by atoms with Crippen LogP contribution >= 0.6 is 10.3 Å². The van der Waals surface area contributed by atoms with E-state index < -0.39 is 62.2 Å². The molecule has 0 bridgehead atoms. The molecule has 0 aliphatic heterocycles. The minimum atomic E-state index is -6.02. The van der Waals surface area contributed by atoms with E-state index >= 15 is 0 Å². The van der Waals surface area contributed by atoms with Gasteiger partial charge >= 0.3 is 15.6 Å². The highest BCUT2D eigenvalue weighted by Crippen LogP contribution is 2.52. The van der Waals surface area contributed by atoms with Crippen LogP contribution in [0.1, 0.15) is 15.9 Å². The Hall–Kier alpha value is -1.65. The van der Waals surface area contributed by atoms with Crippen molar-refractivity contribution in [1.82, 2.24) is 0 Å². The fraction of sp³-hybridized carbons (Fsp3) is 0.429. The van der Waals surface area contributed by atoms with E-state index in [2.05, 4.69) is 3.63 Å². The zero-order valence-electron chi connectivity index (χ0n) is 13.3. The van der Waals surface area contributed by atoms with Gasteiger partial charge in [-0.2, -0.15) is 26.9 Å². The smallest absolute Gasteiger partial charge is 0.395 e. The van der Waals surface area contributed by atoms with Crippen molar-refractivity contribution < 1.29 is 40.2 Å². The van der Waals surface area contributed by atoms with Gasteiger partial charge in [0.05, 0.1) is 30.6 Å². The second-order valence-corrected chi connectivity index (χ2v) is 10.00. The summed E-state index contributed by atoms with van der Waals surface area (Å²) in [6.45, 7) is -1.47. The lowest BCUT2D eigenvalue weighted by molar-refractivity contribution is -0.0496. The summed E-state index contributed by atoms with van der Waals surface area (Å²) in [4.78, 5) is 12.4. The molecule has 1 rings (SSSR count). The summed E-state index contributed by atoms with van der Waals surface area (Å²) in [7, 11) is -9.34. The number of Topliss-reactive ketones (excluding diaryl/α,β-unsaturated/α-hetero) is 1. The first-order valence-corrected chi connectivity index (χ1v) is 10.5. The van der Waals surface area contributed by atoms with Gasteiger partial charge < -0.3 is 10.2 Å². The molecular formula is C14H16F3NO6S2. The summed E-state index contributed by atoms with van der Waals surface area (Å²) in [5, 5.41) is 26.9. The van der Waals surface area contributed by atoms with Gasteiger partial charge in [0, 0.05) is 17.1 Å². The third-order valence-electron chi connectivity index (χ3n) is 3.17. The van der Waals surface area contributed by atoms with E-state index in [9.17, 15) is 26.4 Å². The Morgan fingerprint density at radius 1 is 1.12 bits per heavy atom. The third-order valence-corrected chi connectivity index (χ3v) is 8.25. The lowest BCUT2D eigenvalue weighted by atomic mass is 10.1. The summed E-state index contributed by atoms with van der Waals surface area (Å²) in [6.07, 6.45) is 0. The highest BCUT2D eigenvalue weighted by Gasteiger charge is 2.51. The second kappa shape index (κ2) is 8.83. The van der Waals surface area contributed by atoms with E-state index in [1.54, 1.807) is 0 Å². The number of benzene rings is 1. The fourth-order valence-corrected chi connectivity index (χ4v) is 6.32. The zero-order valence-corrected chi connectivity index (χ0v) is 14.9. The molecule has 0 amide bonds. The molecule has 1 aromatic rings. The van der Waals surface area contributed by atoms with E-state index in [1.807, 2.05) is 6.07 Å². The first kappa shape index (κ1) is 22.4. The minimum absolute atomic E-state index is 0.0322. The van der Waals surface area contributed by atoms with E-state index in [0.717, 1.165) is 0 Å². The number of halogens is 3. The Bertz CT molecular complexity index is 765. The number of nitrogens with zero attached hydrogens (tertiary/aromatic N) is 1. The monoisotopic (exact) mass is 415 g/mol. The van der Waals surface area contributed by atoms with Crippen LogP contribution in [0.25, 0.3) is 0 Å². The molecule has 0 unspecified atom stereocenters. The van der Waals surface area contributed by atoms with Crippen molar-refractivity contribution in [3.63, 3.8) is 0 Å². The Balaban J connectivity index is 3.19. The molecule has 0 aliphatic rings. The lowest BCUT2D eigenvalue weighted by Crippen LogP contribution is -2.33. The summed E-state index contributed by atoms with van der Waals surface area (Å²) in [5.74, 6) is -2.55. The van der Waals surface area contributed by atoms with Gasteiger partial charge in [-0.3, -0.25) is 4.79 Å². The Labute approximate surface area is 149 Å². The quantitative estimate of drug-likeness (QED) is 0.460. The molecule has 0 aromatic heterocycles. The lowest BCUT2D eigenvalue weighted by Gasteiger charge is -2.36. The molecule has 0 saturated heterocycles. The van der Waals surface area contributed by atoms with Crippen LogP contribution in [-0.2, 0) is 13.7 Å². The number of hydrogen-bond acceptors (Lipinski definition) is 7. The maximum Gasteiger partial charge on any atom is 0.523 e. The number of hydrogen-bond donors (Lipinski definition) is 2. The predicted octanol–water partition coefficient (Wildman–Crippen LogP) is 1.31. The van der Waals surface area contributed by atoms with E-state index in [0.29, 0.717) is 0 Å². The van der Waals surface area contributed by atoms with Crippen LogP contribution in [0.4, 0.5) is 13.2 Å². The summed E-state index contributed by atoms with van der Waals surface area (Å²) < 4.78 is 65.1. The van der Waals surface area contributed by atoms with Crippen molar-refractivity contribution in [2.24, 2.45) is 0 Å². The Morgan fingerprint density at radius 2 is 1.62 bits per heavy atom. The van der Waals surface area contributed by atoms with Gasteiger partial charge in [-0.15, -0.1) is 10.3 Å². The van der Waals surface area contributed by atoms with Crippen molar-refractivity contribution in [2.75, 3.05) is 30.5 Å². The minimum Gasteiger partial charge on any atom is -0.395 e. The normalized spacial score (nSPS) is 13.2. The summed E-state index contributed by atoms with van der Waals surface area (Å²) in [6, 6.07) is 6.99. The molecule has 0 fully saturated rings. The summed E-state index contributed by atoms with van der Waals surface area (Å²) in [5.41, 5.74) is -5.42. The summed E-state index contributed by atoms with van der Waals surface area (Å²) >= 11 is 0. The second-order valence-electron chi connectivity index (χ2n) is 5.05. The Kier molecular flexibility index (Phi) is 7.60. The zero-order chi connectivity index (χ0) is 20.0. The number of aliphatic hydroxyl groups excluding tert-OH is 2. The van der Waals surface area contributed by atoms with E-state index in [4.69, 9.17) is 15.5 Å². The number of rotatable bonds is 9. The van der Waals surface area contributed by atoms with Crippen molar-refractivity contribution >= 4 is 26.2 Å². The van der Waals surface area contributed by atoms with Crippen molar-refractivity contribution in [3.8, 4) is 6.07 Å². The first-order chi connectivity index (χ1) is 12.0. The molecular weight excluding hydrogens is 399 g/mol. The van der Waals surface area contributed by atoms with Gasteiger partial charge in [0.25, 0.3) is 0 Å². The van der Waals surface area contributed by atoms with Crippen LogP contribution in [0.15, 0.2) is 24.3 Å². The fourth-order valence-electron chi connectivity index (χ4n) is 1.95. The molecule has 1 aromatic carbocycles. The molecule has 0 spiro atoms. The van der Waals surface area contributed by atoms with Gasteiger partial charge in [0.2, 0.25) is 0 Å². The standard InChI is InChI=1S/C14H16F3NO6S2/c15-14(16,17)26(22,23)24-25(7-5-19,8-6-20)10-13(21)12-3-1-11(9-18)2-4-12/h1-4,19-20H,5-8,10H2. The molecule has 0 radical (unpaired) electrons. The molecule has 0 aliphatic carbocycles. The van der Waals surface area contributed by atoms with Crippen LogP contribution in [-0.4, -0.2) is 60.4 Å². The van der Waals surface area contributed by atoms with Crippen molar-refractivity contribution in [3.05, 3.63) is 35.4 Å². The molecule has 0 heterocycles. The molecule has 12 heteroatoms. The van der Waals surface area contributed by atoms with Gasteiger partial charge in [0.15, 0.2) is 5.78 Å². The van der Waals surface area contributed by atoms with Crippen molar-refractivity contribution in [2.45, 2.75) is 5.51 Å². The molecule has 26 heavy (non-hydrogen) atoms. The molecule has 7 nitrogen and oxygen atoms in total. The predicted molar refractivity (Wildman–Crippen MR) is 87.9 cm³/mol. The SMILES string of the molecule is N#Cc1ccc(C(=O)CS(CCO)(CCO)OS(=O)(=O)C(F)(F)F)cc1. The van der Waals surface area contributed by atoms with Crippen LogP contribution in [0.3, 0.4) is 0 Å². The molecule has 0 saturated carbocycles. The van der Waals surface area contributed by atoms with Crippen LogP contribution < -0.4 is 0 Å². The number of alkyl halides is 3. The van der Waals surface area contributed by atoms with Crippen LogP contribution in [0.2, 0.25) is 0 Å². The van der Waals surface area contributed by atoms with Crippen LogP contribution in [0, 0.1) is 11.3 Å². The highest BCUT2D eigenvalue weighted by atomic mass is 32.3. The average Bonchev–Trinajstić information content (AvgIpc) is 2.53. The van der Waals surface area contributed by atoms with Crippen LogP contribution in [0.5, 0.6) is 0 Å². The molecule has 0 atom stereocenters. The first-order valence-electron chi connectivity index (χ1n) is 7.04. The number of ketones is 1. The Morgan fingerprint density at radius 3 is 2.00 bits per heavy atom. The topological polar surface area (TPSA) is 125 Å².